The SMILES string of the molecule is CCNCC(C)OC(C)(C)C. The molecule has 0 radical (unpaired) electrons. The van der Waals surface area contributed by atoms with Crippen LogP contribution in [0.4, 0.5) is 0 Å². The molecule has 68 valence electrons. The lowest BCUT2D eigenvalue weighted by molar-refractivity contribution is -0.0496. The molecule has 2 heteroatoms. The highest BCUT2D eigenvalue weighted by Gasteiger charge is 2.13. The molecule has 0 amide bonds. The van der Waals surface area contributed by atoms with E-state index >= 15 is 0 Å². The van der Waals surface area contributed by atoms with Crippen molar-refractivity contribution in [1.82, 2.24) is 5.32 Å². The molecule has 11 heavy (non-hydrogen) atoms. The van der Waals surface area contributed by atoms with Crippen LogP contribution in [0.1, 0.15) is 34.6 Å². The maximum absolute atomic E-state index is 5.68. The number of nitrogens with one attached hydrogen (secondary N) is 1. The van der Waals surface area contributed by atoms with Crippen LogP contribution in [0, 0.1) is 0 Å². The standard InChI is InChI=1S/C9H21NO/c1-6-10-7-8(2)11-9(3,4)5/h8,10H,6-7H2,1-5H3. The fourth-order valence-corrected chi connectivity index (χ4v) is 0.993. The van der Waals surface area contributed by atoms with E-state index in [-0.39, 0.29) is 5.60 Å². The maximum atomic E-state index is 5.68. The van der Waals surface area contributed by atoms with Crippen LogP contribution >= 0.6 is 0 Å². The highest BCUT2D eigenvalue weighted by atomic mass is 16.5. The van der Waals surface area contributed by atoms with Gasteiger partial charge < -0.3 is 10.1 Å². The van der Waals surface area contributed by atoms with Crippen molar-refractivity contribution in [3.63, 3.8) is 0 Å². The lowest BCUT2D eigenvalue weighted by Gasteiger charge is -2.25. The molecule has 0 bridgehead atoms. The molecule has 0 aromatic rings. The highest BCUT2D eigenvalue weighted by Crippen LogP contribution is 2.09. The van der Waals surface area contributed by atoms with Gasteiger partial charge in [0.25, 0.3) is 0 Å². The molecular weight excluding hydrogens is 138 g/mol. The van der Waals surface area contributed by atoms with Gasteiger partial charge in [0.05, 0.1) is 11.7 Å². The van der Waals surface area contributed by atoms with E-state index < -0.39 is 0 Å². The summed E-state index contributed by atoms with van der Waals surface area (Å²) in [5.74, 6) is 0. The topological polar surface area (TPSA) is 21.3 Å². The third-order valence-electron chi connectivity index (χ3n) is 1.24. The van der Waals surface area contributed by atoms with Gasteiger partial charge in [-0.05, 0) is 34.2 Å². The first kappa shape index (κ1) is 10.9. The third-order valence-corrected chi connectivity index (χ3v) is 1.24. The molecule has 2 nitrogen and oxygen atoms in total. The summed E-state index contributed by atoms with van der Waals surface area (Å²) in [6, 6.07) is 0. The number of rotatable bonds is 4. The van der Waals surface area contributed by atoms with E-state index in [1.807, 2.05) is 0 Å². The van der Waals surface area contributed by atoms with Gasteiger partial charge in [-0.15, -0.1) is 0 Å². The van der Waals surface area contributed by atoms with Gasteiger partial charge in [0.15, 0.2) is 0 Å². The van der Waals surface area contributed by atoms with Crippen LogP contribution in [0.3, 0.4) is 0 Å². The molecule has 0 spiro atoms. The Bertz CT molecular complexity index is 96.2. The Morgan fingerprint density at radius 3 is 2.27 bits per heavy atom. The van der Waals surface area contributed by atoms with Crippen LogP contribution in [0.15, 0.2) is 0 Å². The molecular formula is C9H21NO. The van der Waals surface area contributed by atoms with E-state index in [2.05, 4.69) is 39.9 Å². The minimum Gasteiger partial charge on any atom is -0.372 e. The Kier molecular flexibility index (Phi) is 4.69. The van der Waals surface area contributed by atoms with Gasteiger partial charge in [0.2, 0.25) is 0 Å². The molecule has 0 aromatic carbocycles. The average molecular weight is 159 g/mol. The molecule has 0 aliphatic heterocycles. The molecule has 0 saturated carbocycles. The molecule has 1 N–H and O–H groups in total. The van der Waals surface area contributed by atoms with Gasteiger partial charge >= 0.3 is 0 Å². The van der Waals surface area contributed by atoms with Crippen LogP contribution in [-0.2, 0) is 4.74 Å². The van der Waals surface area contributed by atoms with E-state index in [0.717, 1.165) is 13.1 Å². The predicted molar refractivity (Wildman–Crippen MR) is 48.8 cm³/mol. The largest absolute Gasteiger partial charge is 0.372 e. The van der Waals surface area contributed by atoms with Gasteiger partial charge in [-0.25, -0.2) is 0 Å². The Hall–Kier alpha value is -0.0800. The van der Waals surface area contributed by atoms with E-state index in [9.17, 15) is 0 Å². The summed E-state index contributed by atoms with van der Waals surface area (Å²) in [7, 11) is 0. The van der Waals surface area contributed by atoms with Crippen LogP contribution in [0.25, 0.3) is 0 Å². The lowest BCUT2D eigenvalue weighted by atomic mass is 10.2. The second-order valence-electron chi connectivity index (χ2n) is 3.85. The lowest BCUT2D eigenvalue weighted by Crippen LogP contribution is -2.33. The quantitative estimate of drug-likeness (QED) is 0.675. The second kappa shape index (κ2) is 4.73. The van der Waals surface area contributed by atoms with Crippen LogP contribution < -0.4 is 5.32 Å². The van der Waals surface area contributed by atoms with Gasteiger partial charge in [0.1, 0.15) is 0 Å². The zero-order valence-corrected chi connectivity index (χ0v) is 8.40. The van der Waals surface area contributed by atoms with E-state index in [1.54, 1.807) is 0 Å². The zero-order valence-electron chi connectivity index (χ0n) is 8.40. The Morgan fingerprint density at radius 2 is 1.91 bits per heavy atom. The molecule has 0 heterocycles. The Balaban J connectivity index is 3.44. The smallest absolute Gasteiger partial charge is 0.0678 e. The summed E-state index contributed by atoms with van der Waals surface area (Å²) in [6.07, 6.45) is 0.301. The van der Waals surface area contributed by atoms with E-state index in [1.165, 1.54) is 0 Å². The summed E-state index contributed by atoms with van der Waals surface area (Å²) in [4.78, 5) is 0. The maximum Gasteiger partial charge on any atom is 0.0678 e. The molecule has 0 saturated heterocycles. The summed E-state index contributed by atoms with van der Waals surface area (Å²) in [5.41, 5.74) is -0.0190. The summed E-state index contributed by atoms with van der Waals surface area (Å²) in [5, 5.41) is 3.25. The first-order valence-electron chi connectivity index (χ1n) is 4.34. The van der Waals surface area contributed by atoms with Crippen molar-refractivity contribution in [1.29, 1.82) is 0 Å². The van der Waals surface area contributed by atoms with Gasteiger partial charge in [0, 0.05) is 6.54 Å². The van der Waals surface area contributed by atoms with Crippen molar-refractivity contribution in [2.24, 2.45) is 0 Å². The molecule has 0 aliphatic carbocycles. The van der Waals surface area contributed by atoms with Crippen LogP contribution in [0.2, 0.25) is 0 Å². The van der Waals surface area contributed by atoms with Gasteiger partial charge in [-0.3, -0.25) is 0 Å². The molecule has 0 rings (SSSR count). The minimum absolute atomic E-state index is 0.0190. The minimum atomic E-state index is -0.0190. The molecule has 0 fully saturated rings. The third kappa shape index (κ3) is 7.82. The van der Waals surface area contributed by atoms with Gasteiger partial charge in [-0.2, -0.15) is 0 Å². The van der Waals surface area contributed by atoms with Crippen LogP contribution in [-0.4, -0.2) is 24.8 Å². The van der Waals surface area contributed by atoms with Gasteiger partial charge in [-0.1, -0.05) is 6.92 Å². The van der Waals surface area contributed by atoms with Crippen LogP contribution in [0.5, 0.6) is 0 Å². The summed E-state index contributed by atoms with van der Waals surface area (Å²) >= 11 is 0. The molecule has 1 atom stereocenters. The number of hydrogen-bond acceptors (Lipinski definition) is 2. The van der Waals surface area contributed by atoms with Crippen molar-refractivity contribution in [3.05, 3.63) is 0 Å². The Labute approximate surface area is 70.3 Å². The normalized spacial score (nSPS) is 15.0. The first-order valence-corrected chi connectivity index (χ1v) is 4.34. The Morgan fingerprint density at radius 1 is 1.36 bits per heavy atom. The number of likely N-dealkylation sites (N-methyl/N-ethyl adjacent to an activating group) is 1. The zero-order chi connectivity index (χ0) is 8.91. The molecule has 1 unspecified atom stereocenters. The van der Waals surface area contributed by atoms with Crippen molar-refractivity contribution in [3.8, 4) is 0 Å². The number of ether oxygens (including phenoxy) is 1. The monoisotopic (exact) mass is 159 g/mol. The highest BCUT2D eigenvalue weighted by molar-refractivity contribution is 4.64. The first-order chi connectivity index (χ1) is 4.95. The fourth-order valence-electron chi connectivity index (χ4n) is 0.993. The van der Waals surface area contributed by atoms with E-state index in [4.69, 9.17) is 4.74 Å². The average Bonchev–Trinajstić information content (AvgIpc) is 1.79. The summed E-state index contributed by atoms with van der Waals surface area (Å²) in [6.45, 7) is 12.4. The molecule has 0 aromatic heterocycles. The molecule has 0 aliphatic rings. The predicted octanol–water partition coefficient (Wildman–Crippen LogP) is 1.80. The van der Waals surface area contributed by atoms with E-state index in [0.29, 0.717) is 6.10 Å². The number of hydrogen-bond donors (Lipinski definition) is 1. The van der Waals surface area contributed by atoms with Crippen molar-refractivity contribution in [2.75, 3.05) is 13.1 Å². The van der Waals surface area contributed by atoms with Crippen molar-refractivity contribution < 1.29 is 4.74 Å². The van der Waals surface area contributed by atoms with Crippen molar-refractivity contribution >= 4 is 0 Å². The van der Waals surface area contributed by atoms with Crippen molar-refractivity contribution in [2.45, 2.75) is 46.3 Å². The fraction of sp³-hybridized carbons (Fsp3) is 1.00. The second-order valence-corrected chi connectivity index (χ2v) is 3.85. The summed E-state index contributed by atoms with van der Waals surface area (Å²) < 4.78 is 5.68.